The average molecular weight is 387 g/mol. The van der Waals surface area contributed by atoms with E-state index in [2.05, 4.69) is 21.4 Å². The minimum atomic E-state index is -0.0383. The van der Waals surface area contributed by atoms with Crippen LogP contribution in [0.15, 0.2) is 79.2 Å². The van der Waals surface area contributed by atoms with Crippen molar-refractivity contribution >= 4 is 32.4 Å². The third-order valence-electron chi connectivity index (χ3n) is 4.45. The second-order valence-electron chi connectivity index (χ2n) is 6.37. The first-order chi connectivity index (χ1) is 13.8. The minimum Gasteiger partial charge on any atom is -0.493 e. The van der Waals surface area contributed by atoms with Crippen molar-refractivity contribution in [3.8, 4) is 11.6 Å². The normalized spacial score (nSPS) is 15.5. The molecule has 2 aromatic carbocycles. The maximum Gasteiger partial charge on any atom is 0.226 e. The number of para-hydroxylation sites is 1. The van der Waals surface area contributed by atoms with Crippen LogP contribution in [0.1, 0.15) is 18.1 Å². The molecule has 3 heterocycles. The lowest BCUT2D eigenvalue weighted by molar-refractivity contribution is 0.169. The molecule has 0 fully saturated rings. The van der Waals surface area contributed by atoms with E-state index in [1.165, 1.54) is 0 Å². The van der Waals surface area contributed by atoms with E-state index in [0.717, 1.165) is 38.8 Å². The summed E-state index contributed by atoms with van der Waals surface area (Å²) >= 11 is 1.63. The third kappa shape index (κ3) is 3.42. The monoisotopic (exact) mass is 387 g/mol. The van der Waals surface area contributed by atoms with E-state index in [4.69, 9.17) is 9.47 Å². The molecule has 0 aliphatic carbocycles. The zero-order chi connectivity index (χ0) is 18.8. The van der Waals surface area contributed by atoms with Gasteiger partial charge >= 0.3 is 0 Å². The Balaban J connectivity index is 1.32. The molecule has 0 saturated heterocycles. The molecule has 5 nitrogen and oxygen atoms in total. The molecule has 0 bridgehead atoms. The van der Waals surface area contributed by atoms with Gasteiger partial charge in [-0.25, -0.2) is 9.97 Å². The fourth-order valence-electron chi connectivity index (χ4n) is 3.09. The smallest absolute Gasteiger partial charge is 0.226 e. The van der Waals surface area contributed by atoms with Crippen LogP contribution in [0, 0.1) is 0 Å². The van der Waals surface area contributed by atoms with Crippen molar-refractivity contribution in [1.82, 2.24) is 9.97 Å². The summed E-state index contributed by atoms with van der Waals surface area (Å²) in [5.41, 5.74) is 2.90. The second-order valence-corrected chi connectivity index (χ2v) is 7.40. The van der Waals surface area contributed by atoms with Gasteiger partial charge in [0.2, 0.25) is 5.88 Å². The van der Waals surface area contributed by atoms with Gasteiger partial charge in [-0.05, 0) is 54.6 Å². The largest absolute Gasteiger partial charge is 0.493 e. The number of ether oxygens (including phenoxy) is 2. The lowest BCUT2D eigenvalue weighted by Crippen LogP contribution is -2.00. The molecule has 5 rings (SSSR count). The maximum absolute atomic E-state index is 6.02. The molecule has 28 heavy (non-hydrogen) atoms. The van der Waals surface area contributed by atoms with Crippen molar-refractivity contribution < 1.29 is 9.47 Å². The van der Waals surface area contributed by atoms with Crippen LogP contribution in [-0.2, 0) is 4.74 Å². The Morgan fingerprint density at radius 2 is 1.93 bits per heavy atom. The first-order valence-electron chi connectivity index (χ1n) is 9.01. The number of benzene rings is 2. The quantitative estimate of drug-likeness (QED) is 0.442. The van der Waals surface area contributed by atoms with Gasteiger partial charge in [0.05, 0.1) is 22.0 Å². The summed E-state index contributed by atoms with van der Waals surface area (Å²) in [6.45, 7) is 0. The molecule has 1 aliphatic heterocycles. The number of nitrogens with one attached hydrogen (secondary N) is 1. The Hall–Kier alpha value is -3.38. The van der Waals surface area contributed by atoms with E-state index in [9.17, 15) is 0 Å². The predicted molar refractivity (Wildman–Crippen MR) is 111 cm³/mol. The second kappa shape index (κ2) is 7.32. The average Bonchev–Trinajstić information content (AvgIpc) is 3.39. The highest BCUT2D eigenvalue weighted by Crippen LogP contribution is 2.34. The van der Waals surface area contributed by atoms with E-state index in [1.807, 2.05) is 60.7 Å². The van der Waals surface area contributed by atoms with Gasteiger partial charge in [-0.3, -0.25) is 0 Å². The number of anilines is 2. The van der Waals surface area contributed by atoms with Gasteiger partial charge in [0.25, 0.3) is 0 Å². The van der Waals surface area contributed by atoms with Crippen molar-refractivity contribution in [2.24, 2.45) is 0 Å². The fraction of sp³-hybridized carbons (Fsp3) is 0.0909. The first kappa shape index (κ1) is 16.8. The van der Waals surface area contributed by atoms with Crippen LogP contribution >= 0.6 is 11.3 Å². The van der Waals surface area contributed by atoms with Crippen LogP contribution in [0.4, 0.5) is 10.8 Å². The molecular formula is C22H17N3O2S. The molecular weight excluding hydrogens is 370 g/mol. The third-order valence-corrected chi connectivity index (χ3v) is 5.40. The highest BCUT2D eigenvalue weighted by molar-refractivity contribution is 7.22. The van der Waals surface area contributed by atoms with Gasteiger partial charge in [-0.1, -0.05) is 23.5 Å². The molecule has 0 radical (unpaired) electrons. The topological polar surface area (TPSA) is 56.3 Å². The number of pyridine rings is 1. The predicted octanol–water partition coefficient (Wildman–Crippen LogP) is 6.20. The number of hydrogen-bond acceptors (Lipinski definition) is 6. The van der Waals surface area contributed by atoms with Crippen LogP contribution in [-0.4, -0.2) is 9.97 Å². The SMILES string of the molecule is C1=COC(c2cccnc2Oc2ccc(Nc3nc4ccccc4s3)cc2)C1. The van der Waals surface area contributed by atoms with Crippen LogP contribution < -0.4 is 10.1 Å². The van der Waals surface area contributed by atoms with Gasteiger partial charge in [0, 0.05) is 18.3 Å². The summed E-state index contributed by atoms with van der Waals surface area (Å²) in [6.07, 6.45) is 6.24. The van der Waals surface area contributed by atoms with Crippen LogP contribution in [0.2, 0.25) is 0 Å². The molecule has 0 spiro atoms. The Bertz CT molecular complexity index is 1100. The molecule has 1 atom stereocenters. The molecule has 1 N–H and O–H groups in total. The lowest BCUT2D eigenvalue weighted by atomic mass is 10.1. The van der Waals surface area contributed by atoms with Gasteiger partial charge in [-0.2, -0.15) is 0 Å². The molecule has 2 aromatic heterocycles. The number of fused-ring (bicyclic) bond motifs is 1. The summed E-state index contributed by atoms with van der Waals surface area (Å²) in [5, 5.41) is 4.22. The zero-order valence-electron chi connectivity index (χ0n) is 14.9. The number of nitrogens with zero attached hydrogens (tertiary/aromatic N) is 2. The Kier molecular flexibility index (Phi) is 4.39. The molecule has 138 valence electrons. The van der Waals surface area contributed by atoms with Crippen molar-refractivity contribution in [3.05, 3.63) is 84.8 Å². The van der Waals surface area contributed by atoms with E-state index in [1.54, 1.807) is 23.8 Å². The Morgan fingerprint density at radius 1 is 1.04 bits per heavy atom. The Morgan fingerprint density at radius 3 is 2.75 bits per heavy atom. The van der Waals surface area contributed by atoms with Gasteiger partial charge < -0.3 is 14.8 Å². The lowest BCUT2D eigenvalue weighted by Gasteiger charge is -2.15. The van der Waals surface area contributed by atoms with Crippen molar-refractivity contribution in [3.63, 3.8) is 0 Å². The highest BCUT2D eigenvalue weighted by atomic mass is 32.1. The van der Waals surface area contributed by atoms with Crippen molar-refractivity contribution in [2.45, 2.75) is 12.5 Å². The highest BCUT2D eigenvalue weighted by Gasteiger charge is 2.20. The standard InChI is InChI=1S/C22H17N3O2S/c1-2-8-20-18(6-1)25-22(28-20)24-15-9-11-16(12-10-15)27-21-17(5-3-13-23-21)19-7-4-14-26-19/h1-6,8-14,19H,7H2,(H,24,25). The van der Waals surface area contributed by atoms with E-state index < -0.39 is 0 Å². The fourth-order valence-corrected chi connectivity index (χ4v) is 3.97. The zero-order valence-corrected chi connectivity index (χ0v) is 15.7. The molecule has 1 unspecified atom stereocenters. The van der Waals surface area contributed by atoms with Crippen molar-refractivity contribution in [2.75, 3.05) is 5.32 Å². The van der Waals surface area contributed by atoms with Crippen LogP contribution in [0.3, 0.4) is 0 Å². The van der Waals surface area contributed by atoms with Gasteiger partial charge in [0.1, 0.15) is 11.9 Å². The minimum absolute atomic E-state index is 0.0383. The van der Waals surface area contributed by atoms with E-state index in [-0.39, 0.29) is 6.10 Å². The number of hydrogen-bond donors (Lipinski definition) is 1. The van der Waals surface area contributed by atoms with Crippen LogP contribution in [0.25, 0.3) is 10.2 Å². The maximum atomic E-state index is 6.02. The molecule has 6 heteroatoms. The first-order valence-corrected chi connectivity index (χ1v) is 9.83. The summed E-state index contributed by atoms with van der Waals surface area (Å²) in [6, 6.07) is 19.8. The van der Waals surface area contributed by atoms with E-state index in [0.29, 0.717) is 5.88 Å². The van der Waals surface area contributed by atoms with E-state index >= 15 is 0 Å². The molecule has 0 amide bonds. The van der Waals surface area contributed by atoms with Gasteiger partial charge in [0.15, 0.2) is 5.13 Å². The summed E-state index contributed by atoms with van der Waals surface area (Å²) < 4.78 is 12.8. The number of thiazole rings is 1. The molecule has 4 aromatic rings. The molecule has 0 saturated carbocycles. The van der Waals surface area contributed by atoms with Gasteiger partial charge in [-0.15, -0.1) is 0 Å². The number of aromatic nitrogens is 2. The van der Waals surface area contributed by atoms with Crippen molar-refractivity contribution in [1.29, 1.82) is 0 Å². The number of rotatable bonds is 5. The summed E-state index contributed by atoms with van der Waals surface area (Å²) in [4.78, 5) is 8.98. The molecule has 1 aliphatic rings. The van der Waals surface area contributed by atoms with Crippen LogP contribution in [0.5, 0.6) is 11.6 Å². The Labute approximate surface area is 166 Å². The summed E-state index contributed by atoms with van der Waals surface area (Å²) in [7, 11) is 0. The summed E-state index contributed by atoms with van der Waals surface area (Å²) in [5.74, 6) is 1.30.